The zero-order chi connectivity index (χ0) is 15.4. The third kappa shape index (κ3) is 3.46. The van der Waals surface area contributed by atoms with Crippen molar-refractivity contribution in [1.29, 1.82) is 0 Å². The molecule has 1 aromatic carbocycles. The third-order valence-corrected chi connectivity index (χ3v) is 3.51. The number of aromatic nitrogens is 2. The van der Waals surface area contributed by atoms with Crippen LogP contribution in [0.4, 0.5) is 10.1 Å². The number of halogens is 1. The van der Waals surface area contributed by atoms with Crippen molar-refractivity contribution in [2.75, 3.05) is 5.32 Å². The highest BCUT2D eigenvalue weighted by molar-refractivity contribution is 5.94. The number of carbonyl (C=O) groups excluding carboxylic acids is 1. The molecule has 0 fully saturated rings. The van der Waals surface area contributed by atoms with E-state index in [0.29, 0.717) is 11.4 Å². The van der Waals surface area contributed by atoms with Crippen LogP contribution in [0.2, 0.25) is 0 Å². The molecule has 0 aliphatic heterocycles. The summed E-state index contributed by atoms with van der Waals surface area (Å²) in [4.78, 5) is 12.0. The fourth-order valence-electron chi connectivity index (χ4n) is 1.89. The normalized spacial score (nSPS) is 13.7. The molecule has 1 aromatic heterocycles. The lowest BCUT2D eigenvalue weighted by Crippen LogP contribution is -2.40. The Balaban J connectivity index is 2.11. The van der Waals surface area contributed by atoms with E-state index in [-0.39, 0.29) is 17.6 Å². The average molecular weight is 290 g/mol. The Morgan fingerprint density at radius 1 is 1.48 bits per heavy atom. The summed E-state index contributed by atoms with van der Waals surface area (Å²) in [6, 6.07) is 5.71. The number of nitrogens with one attached hydrogen (secondary N) is 1. The van der Waals surface area contributed by atoms with Gasteiger partial charge in [-0.05, 0) is 18.1 Å². The number of hydrogen-bond acceptors (Lipinski definition) is 3. The molecule has 1 heterocycles. The molecule has 2 unspecified atom stereocenters. The molecule has 2 atom stereocenters. The number of benzene rings is 1. The van der Waals surface area contributed by atoms with E-state index in [2.05, 4.69) is 10.4 Å². The number of para-hydroxylation sites is 1. The molecule has 21 heavy (non-hydrogen) atoms. The van der Waals surface area contributed by atoms with Gasteiger partial charge in [0.1, 0.15) is 11.5 Å². The fourth-order valence-corrected chi connectivity index (χ4v) is 1.89. The van der Waals surface area contributed by atoms with Crippen LogP contribution in [0.25, 0.3) is 5.69 Å². The van der Waals surface area contributed by atoms with Gasteiger partial charge in [0.15, 0.2) is 0 Å². The Bertz CT molecular complexity index is 626. The second kappa shape index (κ2) is 6.49. The van der Waals surface area contributed by atoms with Crippen molar-refractivity contribution >= 4 is 11.6 Å². The molecule has 3 N–H and O–H groups in total. The van der Waals surface area contributed by atoms with Gasteiger partial charge in [-0.1, -0.05) is 32.4 Å². The Hall–Kier alpha value is -2.21. The lowest BCUT2D eigenvalue weighted by atomic mass is 9.99. The van der Waals surface area contributed by atoms with Crippen LogP contribution < -0.4 is 11.1 Å². The number of carbonyl (C=O) groups is 1. The molecule has 0 radical (unpaired) electrons. The maximum absolute atomic E-state index is 13.7. The van der Waals surface area contributed by atoms with E-state index >= 15 is 0 Å². The minimum atomic E-state index is -0.577. The largest absolute Gasteiger partial charge is 0.322 e. The van der Waals surface area contributed by atoms with Gasteiger partial charge >= 0.3 is 0 Å². The van der Waals surface area contributed by atoms with Crippen molar-refractivity contribution in [3.63, 3.8) is 0 Å². The van der Waals surface area contributed by atoms with Crippen LogP contribution in [0, 0.1) is 11.7 Å². The molecule has 0 bridgehead atoms. The fraction of sp³-hybridized carbons (Fsp3) is 0.333. The lowest BCUT2D eigenvalue weighted by Gasteiger charge is -2.16. The number of amides is 1. The van der Waals surface area contributed by atoms with Crippen LogP contribution in [0.15, 0.2) is 36.7 Å². The maximum atomic E-state index is 13.7. The molecule has 6 heteroatoms. The molecule has 2 rings (SSSR count). The summed E-state index contributed by atoms with van der Waals surface area (Å²) in [6.45, 7) is 3.90. The molecular formula is C15H19FN4O. The van der Waals surface area contributed by atoms with E-state index in [9.17, 15) is 9.18 Å². The molecule has 0 aliphatic rings. The van der Waals surface area contributed by atoms with Gasteiger partial charge in [0.05, 0.1) is 24.1 Å². The molecule has 5 nitrogen and oxygen atoms in total. The van der Waals surface area contributed by atoms with Crippen molar-refractivity contribution < 1.29 is 9.18 Å². The molecular weight excluding hydrogens is 271 g/mol. The zero-order valence-electron chi connectivity index (χ0n) is 12.1. The standard InChI is InChI=1S/C15H19FN4O/c1-3-10(2)14(17)15(21)19-11-8-18-20(9-11)13-7-5-4-6-12(13)16/h4-10,14H,3,17H2,1-2H3,(H,19,21). The van der Waals surface area contributed by atoms with Crippen molar-refractivity contribution in [3.05, 3.63) is 42.5 Å². The summed E-state index contributed by atoms with van der Waals surface area (Å²) in [5, 5.41) is 6.74. The Labute approximate surface area is 123 Å². The van der Waals surface area contributed by atoms with E-state index in [1.54, 1.807) is 24.4 Å². The van der Waals surface area contributed by atoms with Gasteiger partial charge in [-0.2, -0.15) is 5.10 Å². The van der Waals surface area contributed by atoms with Gasteiger partial charge in [0, 0.05) is 0 Å². The molecule has 2 aromatic rings. The predicted molar refractivity (Wildman–Crippen MR) is 79.6 cm³/mol. The number of nitrogens with zero attached hydrogens (tertiary/aromatic N) is 2. The van der Waals surface area contributed by atoms with E-state index in [1.165, 1.54) is 16.9 Å². The summed E-state index contributed by atoms with van der Waals surface area (Å²) in [5.74, 6) is -0.557. The highest BCUT2D eigenvalue weighted by Crippen LogP contribution is 2.15. The average Bonchev–Trinajstić information content (AvgIpc) is 2.94. The van der Waals surface area contributed by atoms with Gasteiger partial charge in [-0.15, -0.1) is 0 Å². The number of anilines is 1. The predicted octanol–water partition coefficient (Wildman–Crippen LogP) is 2.32. The number of rotatable bonds is 5. The van der Waals surface area contributed by atoms with Gasteiger partial charge < -0.3 is 11.1 Å². The summed E-state index contributed by atoms with van der Waals surface area (Å²) in [5.41, 5.74) is 6.67. The minimum absolute atomic E-state index is 0.0895. The van der Waals surface area contributed by atoms with Crippen LogP contribution in [0.3, 0.4) is 0 Å². The van der Waals surface area contributed by atoms with Gasteiger partial charge in [-0.3, -0.25) is 4.79 Å². The highest BCUT2D eigenvalue weighted by Gasteiger charge is 2.20. The second-order valence-corrected chi connectivity index (χ2v) is 5.03. The first-order chi connectivity index (χ1) is 10.0. The van der Waals surface area contributed by atoms with Crippen molar-refractivity contribution in [1.82, 2.24) is 9.78 Å². The number of nitrogens with two attached hydrogens (primary N) is 1. The van der Waals surface area contributed by atoms with Crippen molar-refractivity contribution in [2.45, 2.75) is 26.3 Å². The topological polar surface area (TPSA) is 72.9 Å². The van der Waals surface area contributed by atoms with E-state index in [4.69, 9.17) is 5.73 Å². The SMILES string of the molecule is CCC(C)C(N)C(=O)Nc1cnn(-c2ccccc2F)c1. The van der Waals surface area contributed by atoms with Crippen molar-refractivity contribution in [3.8, 4) is 5.69 Å². The molecule has 0 aliphatic carbocycles. The van der Waals surface area contributed by atoms with Crippen LogP contribution in [-0.2, 0) is 4.79 Å². The van der Waals surface area contributed by atoms with Crippen LogP contribution in [-0.4, -0.2) is 21.7 Å². The smallest absolute Gasteiger partial charge is 0.241 e. The summed E-state index contributed by atoms with van der Waals surface area (Å²) >= 11 is 0. The van der Waals surface area contributed by atoms with Crippen LogP contribution in [0.5, 0.6) is 0 Å². The second-order valence-electron chi connectivity index (χ2n) is 5.03. The maximum Gasteiger partial charge on any atom is 0.241 e. The molecule has 0 spiro atoms. The first-order valence-corrected chi connectivity index (χ1v) is 6.89. The van der Waals surface area contributed by atoms with E-state index in [1.807, 2.05) is 13.8 Å². The Morgan fingerprint density at radius 2 is 2.19 bits per heavy atom. The van der Waals surface area contributed by atoms with E-state index < -0.39 is 6.04 Å². The summed E-state index contributed by atoms with van der Waals surface area (Å²) in [7, 11) is 0. The van der Waals surface area contributed by atoms with Gasteiger partial charge in [0.2, 0.25) is 5.91 Å². The zero-order valence-corrected chi connectivity index (χ0v) is 12.1. The summed E-state index contributed by atoms with van der Waals surface area (Å²) < 4.78 is 15.0. The molecule has 0 saturated carbocycles. The summed E-state index contributed by atoms with van der Waals surface area (Å²) in [6.07, 6.45) is 3.84. The van der Waals surface area contributed by atoms with E-state index in [0.717, 1.165) is 6.42 Å². The van der Waals surface area contributed by atoms with Gasteiger partial charge in [0.25, 0.3) is 0 Å². The van der Waals surface area contributed by atoms with Gasteiger partial charge in [-0.25, -0.2) is 9.07 Å². The number of hydrogen-bond donors (Lipinski definition) is 2. The third-order valence-electron chi connectivity index (χ3n) is 3.51. The first-order valence-electron chi connectivity index (χ1n) is 6.89. The first kappa shape index (κ1) is 15.2. The Morgan fingerprint density at radius 3 is 2.86 bits per heavy atom. The molecule has 1 amide bonds. The quantitative estimate of drug-likeness (QED) is 0.887. The van der Waals surface area contributed by atoms with Crippen molar-refractivity contribution in [2.24, 2.45) is 11.7 Å². The Kier molecular flexibility index (Phi) is 4.70. The molecule has 0 saturated heterocycles. The minimum Gasteiger partial charge on any atom is -0.322 e. The van der Waals surface area contributed by atoms with Crippen LogP contribution >= 0.6 is 0 Å². The monoisotopic (exact) mass is 290 g/mol. The lowest BCUT2D eigenvalue weighted by molar-refractivity contribution is -0.118. The van der Waals surface area contributed by atoms with Crippen LogP contribution in [0.1, 0.15) is 20.3 Å². The molecule has 112 valence electrons. The highest BCUT2D eigenvalue weighted by atomic mass is 19.1.